The molecule has 10 heavy (non-hydrogen) atoms. The monoisotopic (exact) mass is 142 g/mol. The van der Waals surface area contributed by atoms with E-state index in [4.69, 9.17) is 4.74 Å². The molecule has 1 saturated heterocycles. The fourth-order valence-electron chi connectivity index (χ4n) is 1.39. The third-order valence-corrected chi connectivity index (χ3v) is 2.29. The van der Waals surface area contributed by atoms with Crippen molar-refractivity contribution in [2.45, 2.75) is 25.4 Å². The van der Waals surface area contributed by atoms with Gasteiger partial charge in [-0.25, -0.2) is 4.79 Å². The zero-order valence-corrected chi connectivity index (χ0v) is 5.71. The van der Waals surface area contributed by atoms with Crippen LogP contribution in [0, 0.1) is 5.92 Å². The molecule has 1 unspecified atom stereocenters. The van der Waals surface area contributed by atoms with Crippen molar-refractivity contribution >= 4 is 6.16 Å². The van der Waals surface area contributed by atoms with Crippen molar-refractivity contribution in [3.8, 4) is 0 Å². The Labute approximate surface area is 59.3 Å². The summed E-state index contributed by atoms with van der Waals surface area (Å²) in [7, 11) is 0. The Bertz CT molecular complexity index is 151. The highest BCUT2D eigenvalue weighted by Gasteiger charge is 2.35. The Morgan fingerprint density at radius 2 is 2.20 bits per heavy atom. The molecule has 0 radical (unpaired) electrons. The van der Waals surface area contributed by atoms with Crippen molar-refractivity contribution in [1.82, 2.24) is 0 Å². The molecule has 2 aliphatic rings. The van der Waals surface area contributed by atoms with Crippen LogP contribution in [0.5, 0.6) is 0 Å². The molecular weight excluding hydrogens is 132 g/mol. The number of carbonyl (C=O) groups excluding carboxylic acids is 1. The number of hydrogen-bond donors (Lipinski definition) is 0. The first-order valence-electron chi connectivity index (χ1n) is 3.69. The molecule has 2 rings (SSSR count). The number of hydrogen-bond acceptors (Lipinski definition) is 3. The van der Waals surface area contributed by atoms with Crippen LogP contribution in [0.3, 0.4) is 0 Å². The van der Waals surface area contributed by atoms with E-state index >= 15 is 0 Å². The minimum atomic E-state index is -0.489. The highest BCUT2D eigenvalue weighted by Crippen LogP contribution is 2.33. The third kappa shape index (κ3) is 0.856. The highest BCUT2D eigenvalue weighted by molar-refractivity contribution is 5.61. The Hall–Kier alpha value is -0.730. The van der Waals surface area contributed by atoms with E-state index in [9.17, 15) is 4.79 Å². The number of cyclic esters (lactones) is 2. The summed E-state index contributed by atoms with van der Waals surface area (Å²) in [6.45, 7) is 0.476. The van der Waals surface area contributed by atoms with Crippen molar-refractivity contribution in [3.63, 3.8) is 0 Å². The van der Waals surface area contributed by atoms with Gasteiger partial charge in [-0.2, -0.15) is 0 Å². The number of carbonyl (C=O) groups is 1. The van der Waals surface area contributed by atoms with Gasteiger partial charge < -0.3 is 9.47 Å². The second-order valence-corrected chi connectivity index (χ2v) is 2.91. The van der Waals surface area contributed by atoms with E-state index in [1.54, 1.807) is 0 Å². The van der Waals surface area contributed by atoms with Crippen LogP contribution in [0.25, 0.3) is 0 Å². The molecule has 56 valence electrons. The molecule has 0 aromatic carbocycles. The van der Waals surface area contributed by atoms with E-state index in [0.29, 0.717) is 12.5 Å². The molecule has 0 bridgehead atoms. The maximum absolute atomic E-state index is 10.5. The molecule has 2 fully saturated rings. The quantitative estimate of drug-likeness (QED) is 0.518. The SMILES string of the molecule is O=C1OCC(C2CCC2)O1. The second kappa shape index (κ2) is 2.15. The lowest BCUT2D eigenvalue weighted by Crippen LogP contribution is -2.28. The molecule has 0 amide bonds. The van der Waals surface area contributed by atoms with Gasteiger partial charge in [0, 0.05) is 0 Å². The van der Waals surface area contributed by atoms with Gasteiger partial charge in [0.25, 0.3) is 0 Å². The summed E-state index contributed by atoms with van der Waals surface area (Å²) in [5, 5.41) is 0. The maximum Gasteiger partial charge on any atom is 0.508 e. The molecule has 1 aliphatic carbocycles. The van der Waals surface area contributed by atoms with Gasteiger partial charge in [0.15, 0.2) is 0 Å². The minimum absolute atomic E-state index is 0.0706. The van der Waals surface area contributed by atoms with Crippen LogP contribution < -0.4 is 0 Å². The van der Waals surface area contributed by atoms with Crippen molar-refractivity contribution in [1.29, 1.82) is 0 Å². The van der Waals surface area contributed by atoms with Crippen LogP contribution >= 0.6 is 0 Å². The van der Waals surface area contributed by atoms with Crippen LogP contribution in [0.15, 0.2) is 0 Å². The lowest BCUT2D eigenvalue weighted by molar-refractivity contribution is 0.0707. The predicted molar refractivity (Wildman–Crippen MR) is 33.6 cm³/mol. The summed E-state index contributed by atoms with van der Waals surface area (Å²) in [5.74, 6) is 0.589. The van der Waals surface area contributed by atoms with Crippen LogP contribution in [0.1, 0.15) is 19.3 Å². The average Bonchev–Trinajstić information content (AvgIpc) is 2.10. The molecule has 0 N–H and O–H groups in total. The summed E-state index contributed by atoms with van der Waals surface area (Å²) in [6.07, 6.45) is 3.25. The van der Waals surface area contributed by atoms with Crippen molar-refractivity contribution in [2.24, 2.45) is 5.92 Å². The summed E-state index contributed by atoms with van der Waals surface area (Å²) < 4.78 is 9.57. The predicted octanol–water partition coefficient (Wildman–Crippen LogP) is 1.32. The van der Waals surface area contributed by atoms with Gasteiger partial charge in [-0.15, -0.1) is 0 Å². The van der Waals surface area contributed by atoms with Gasteiger partial charge in [0.1, 0.15) is 12.7 Å². The topological polar surface area (TPSA) is 35.5 Å². The van der Waals surface area contributed by atoms with Gasteiger partial charge in [-0.1, -0.05) is 6.42 Å². The van der Waals surface area contributed by atoms with E-state index < -0.39 is 6.16 Å². The van der Waals surface area contributed by atoms with Gasteiger partial charge in [0.05, 0.1) is 0 Å². The summed E-state index contributed by atoms with van der Waals surface area (Å²) in [6, 6.07) is 0. The maximum atomic E-state index is 10.5. The van der Waals surface area contributed by atoms with Crippen LogP contribution in [-0.4, -0.2) is 18.9 Å². The van der Waals surface area contributed by atoms with E-state index in [0.717, 1.165) is 0 Å². The molecule has 0 spiro atoms. The van der Waals surface area contributed by atoms with Gasteiger partial charge in [-0.05, 0) is 18.8 Å². The Morgan fingerprint density at radius 1 is 1.40 bits per heavy atom. The molecule has 3 heteroatoms. The zero-order valence-electron chi connectivity index (χ0n) is 5.71. The summed E-state index contributed by atoms with van der Waals surface area (Å²) >= 11 is 0. The Balaban J connectivity index is 1.88. The molecule has 0 aromatic rings. The minimum Gasteiger partial charge on any atom is -0.430 e. The van der Waals surface area contributed by atoms with Crippen LogP contribution in [-0.2, 0) is 9.47 Å². The summed E-state index contributed by atoms with van der Waals surface area (Å²) in [5.41, 5.74) is 0. The van der Waals surface area contributed by atoms with Crippen molar-refractivity contribution < 1.29 is 14.3 Å². The zero-order chi connectivity index (χ0) is 6.97. The number of rotatable bonds is 1. The fourth-order valence-corrected chi connectivity index (χ4v) is 1.39. The highest BCUT2D eigenvalue weighted by atomic mass is 16.8. The van der Waals surface area contributed by atoms with E-state index in [-0.39, 0.29) is 6.10 Å². The standard InChI is InChI=1S/C7H10O3/c8-7-9-4-6(10-7)5-2-1-3-5/h5-6H,1-4H2. The van der Waals surface area contributed by atoms with Crippen molar-refractivity contribution in [2.75, 3.05) is 6.61 Å². The molecule has 1 atom stereocenters. The number of ether oxygens (including phenoxy) is 2. The average molecular weight is 142 g/mol. The lowest BCUT2D eigenvalue weighted by Gasteiger charge is -2.28. The smallest absolute Gasteiger partial charge is 0.430 e. The molecule has 1 heterocycles. The van der Waals surface area contributed by atoms with Gasteiger partial charge >= 0.3 is 6.16 Å². The fraction of sp³-hybridized carbons (Fsp3) is 0.857. The molecule has 1 saturated carbocycles. The van der Waals surface area contributed by atoms with Crippen molar-refractivity contribution in [3.05, 3.63) is 0 Å². The third-order valence-electron chi connectivity index (χ3n) is 2.29. The Morgan fingerprint density at radius 3 is 2.60 bits per heavy atom. The van der Waals surface area contributed by atoms with E-state index in [2.05, 4.69) is 4.74 Å². The van der Waals surface area contributed by atoms with E-state index in [1.165, 1.54) is 19.3 Å². The normalized spacial score (nSPS) is 32.8. The van der Waals surface area contributed by atoms with Crippen LogP contribution in [0.4, 0.5) is 4.79 Å². The first-order valence-corrected chi connectivity index (χ1v) is 3.69. The molecular formula is C7H10O3. The molecule has 0 aromatic heterocycles. The second-order valence-electron chi connectivity index (χ2n) is 2.91. The molecule has 1 aliphatic heterocycles. The largest absolute Gasteiger partial charge is 0.508 e. The molecule has 3 nitrogen and oxygen atoms in total. The van der Waals surface area contributed by atoms with Crippen LogP contribution in [0.2, 0.25) is 0 Å². The van der Waals surface area contributed by atoms with Gasteiger partial charge in [0.2, 0.25) is 0 Å². The first kappa shape index (κ1) is 6.01. The first-order chi connectivity index (χ1) is 4.86. The Kier molecular flexibility index (Phi) is 1.29. The van der Waals surface area contributed by atoms with E-state index in [1.807, 2.05) is 0 Å². The summed E-state index contributed by atoms with van der Waals surface area (Å²) in [4.78, 5) is 10.5. The lowest BCUT2D eigenvalue weighted by atomic mass is 9.81. The van der Waals surface area contributed by atoms with Gasteiger partial charge in [-0.3, -0.25) is 0 Å².